The quantitative estimate of drug-likeness (QED) is 0.717. The van der Waals surface area contributed by atoms with E-state index < -0.39 is 0 Å². The molecule has 0 saturated heterocycles. The summed E-state index contributed by atoms with van der Waals surface area (Å²) in [5.41, 5.74) is 1.30. The Bertz CT molecular complexity index is 723. The molecule has 0 aliphatic rings. The highest BCUT2D eigenvalue weighted by molar-refractivity contribution is 5.95. The lowest BCUT2D eigenvalue weighted by Crippen LogP contribution is -2.33. The van der Waals surface area contributed by atoms with Crippen LogP contribution < -0.4 is 16.2 Å². The van der Waals surface area contributed by atoms with Crippen LogP contribution in [0.4, 0.5) is 0 Å². The van der Waals surface area contributed by atoms with Crippen molar-refractivity contribution in [2.45, 2.75) is 6.92 Å². The van der Waals surface area contributed by atoms with Crippen molar-refractivity contribution in [3.8, 4) is 11.1 Å². The second-order valence-electron chi connectivity index (χ2n) is 4.74. The number of H-pyrrole nitrogens is 1. The third-order valence-electron chi connectivity index (χ3n) is 3.03. The summed E-state index contributed by atoms with van der Waals surface area (Å²) in [6.45, 7) is 2.09. The largest absolute Gasteiger partial charge is 0.355 e. The SMILES string of the molecule is CC(=O)NCCNC(=O)c1c[nH]c(=O)c(-c2ccccc2)c1. The van der Waals surface area contributed by atoms with Gasteiger partial charge in [0.1, 0.15) is 0 Å². The number of nitrogens with one attached hydrogen (secondary N) is 3. The lowest BCUT2D eigenvalue weighted by molar-refractivity contribution is -0.118. The summed E-state index contributed by atoms with van der Waals surface area (Å²) in [5.74, 6) is -0.455. The molecule has 0 aliphatic carbocycles. The molecule has 2 aromatic rings. The molecule has 0 spiro atoms. The van der Waals surface area contributed by atoms with Gasteiger partial charge in [0, 0.05) is 31.8 Å². The molecule has 1 aromatic carbocycles. The summed E-state index contributed by atoms with van der Waals surface area (Å²) in [5, 5.41) is 5.26. The number of carbonyl (C=O) groups is 2. The Morgan fingerprint density at radius 1 is 1.09 bits per heavy atom. The van der Waals surface area contributed by atoms with Crippen LogP contribution in [0.15, 0.2) is 47.4 Å². The number of rotatable bonds is 5. The first-order valence-electron chi connectivity index (χ1n) is 6.88. The Morgan fingerprint density at radius 3 is 2.45 bits per heavy atom. The smallest absolute Gasteiger partial charge is 0.255 e. The van der Waals surface area contributed by atoms with Gasteiger partial charge in [-0.3, -0.25) is 14.4 Å². The average molecular weight is 299 g/mol. The van der Waals surface area contributed by atoms with E-state index in [-0.39, 0.29) is 17.4 Å². The first kappa shape index (κ1) is 15.5. The minimum atomic E-state index is -0.307. The Kier molecular flexibility index (Phi) is 5.08. The Balaban J connectivity index is 2.11. The molecule has 0 bridgehead atoms. The van der Waals surface area contributed by atoms with Gasteiger partial charge in [-0.1, -0.05) is 30.3 Å². The number of pyridine rings is 1. The third kappa shape index (κ3) is 4.05. The van der Waals surface area contributed by atoms with Crippen LogP contribution in [0.25, 0.3) is 11.1 Å². The van der Waals surface area contributed by atoms with Gasteiger partial charge in [-0.25, -0.2) is 0 Å². The standard InChI is InChI=1S/C16H17N3O3/c1-11(20)17-7-8-18-15(21)13-9-14(16(22)19-10-13)12-5-3-2-4-6-12/h2-6,9-10H,7-8H2,1H3,(H,17,20)(H,18,21)(H,19,22). The Morgan fingerprint density at radius 2 is 1.77 bits per heavy atom. The first-order valence-corrected chi connectivity index (χ1v) is 6.88. The van der Waals surface area contributed by atoms with Crippen molar-refractivity contribution in [1.82, 2.24) is 15.6 Å². The summed E-state index contributed by atoms with van der Waals surface area (Å²) in [7, 11) is 0. The maximum atomic E-state index is 12.0. The maximum absolute atomic E-state index is 12.0. The van der Waals surface area contributed by atoms with Crippen LogP contribution in [0.2, 0.25) is 0 Å². The van der Waals surface area contributed by atoms with Crippen LogP contribution in [-0.2, 0) is 4.79 Å². The van der Waals surface area contributed by atoms with E-state index in [4.69, 9.17) is 0 Å². The van der Waals surface area contributed by atoms with Crippen molar-refractivity contribution >= 4 is 11.8 Å². The lowest BCUT2D eigenvalue weighted by Gasteiger charge is -2.07. The van der Waals surface area contributed by atoms with E-state index in [0.717, 1.165) is 5.56 Å². The maximum Gasteiger partial charge on any atom is 0.255 e. The molecule has 6 heteroatoms. The molecule has 1 aromatic heterocycles. The van der Waals surface area contributed by atoms with E-state index in [1.807, 2.05) is 30.3 Å². The molecule has 22 heavy (non-hydrogen) atoms. The van der Waals surface area contributed by atoms with Gasteiger partial charge in [-0.15, -0.1) is 0 Å². The fourth-order valence-electron chi connectivity index (χ4n) is 1.96. The van der Waals surface area contributed by atoms with Gasteiger partial charge in [0.05, 0.1) is 5.56 Å². The number of aromatic nitrogens is 1. The summed E-state index contributed by atoms with van der Waals surface area (Å²) >= 11 is 0. The van der Waals surface area contributed by atoms with Crippen LogP contribution in [0, 0.1) is 0 Å². The predicted molar refractivity (Wildman–Crippen MR) is 83.5 cm³/mol. The number of carbonyl (C=O) groups excluding carboxylic acids is 2. The molecular weight excluding hydrogens is 282 g/mol. The molecule has 0 saturated carbocycles. The van der Waals surface area contributed by atoms with Crippen molar-refractivity contribution < 1.29 is 9.59 Å². The molecule has 114 valence electrons. The van der Waals surface area contributed by atoms with Crippen LogP contribution >= 0.6 is 0 Å². The monoisotopic (exact) mass is 299 g/mol. The summed E-state index contributed by atoms with van der Waals surface area (Å²) < 4.78 is 0. The minimum absolute atomic E-state index is 0.148. The van der Waals surface area contributed by atoms with E-state index in [1.165, 1.54) is 13.1 Å². The van der Waals surface area contributed by atoms with Gasteiger partial charge in [0.2, 0.25) is 5.91 Å². The summed E-state index contributed by atoms with van der Waals surface area (Å²) in [4.78, 5) is 37.2. The van der Waals surface area contributed by atoms with Gasteiger partial charge < -0.3 is 15.6 Å². The lowest BCUT2D eigenvalue weighted by atomic mass is 10.1. The van der Waals surface area contributed by atoms with Gasteiger partial charge in [0.15, 0.2) is 0 Å². The van der Waals surface area contributed by atoms with Crippen molar-refractivity contribution in [3.05, 3.63) is 58.5 Å². The van der Waals surface area contributed by atoms with Crippen LogP contribution in [0.1, 0.15) is 17.3 Å². The van der Waals surface area contributed by atoms with E-state index in [0.29, 0.717) is 24.2 Å². The molecule has 1 heterocycles. The van der Waals surface area contributed by atoms with Gasteiger partial charge in [-0.05, 0) is 11.6 Å². The zero-order chi connectivity index (χ0) is 15.9. The Labute approximate surface area is 127 Å². The van der Waals surface area contributed by atoms with Crippen LogP contribution in [0.3, 0.4) is 0 Å². The van der Waals surface area contributed by atoms with Gasteiger partial charge in [0.25, 0.3) is 11.5 Å². The fourth-order valence-corrected chi connectivity index (χ4v) is 1.96. The van der Waals surface area contributed by atoms with Crippen molar-refractivity contribution in [1.29, 1.82) is 0 Å². The summed E-state index contributed by atoms with van der Waals surface area (Å²) in [6, 6.07) is 10.7. The molecule has 0 unspecified atom stereocenters. The molecular formula is C16H17N3O3. The molecule has 0 fully saturated rings. The Hall–Kier alpha value is -2.89. The van der Waals surface area contributed by atoms with Crippen molar-refractivity contribution in [3.63, 3.8) is 0 Å². The average Bonchev–Trinajstić information content (AvgIpc) is 2.52. The first-order chi connectivity index (χ1) is 10.6. The van der Waals surface area contributed by atoms with E-state index in [9.17, 15) is 14.4 Å². The van der Waals surface area contributed by atoms with E-state index in [1.54, 1.807) is 6.07 Å². The predicted octanol–water partition coefficient (Wildman–Crippen LogP) is 0.908. The van der Waals surface area contributed by atoms with Crippen LogP contribution in [-0.4, -0.2) is 29.9 Å². The number of hydrogen-bond acceptors (Lipinski definition) is 3. The van der Waals surface area contributed by atoms with Crippen molar-refractivity contribution in [2.75, 3.05) is 13.1 Å². The molecule has 0 aliphatic heterocycles. The number of amides is 2. The molecule has 2 amide bonds. The highest BCUT2D eigenvalue weighted by atomic mass is 16.2. The number of aromatic amines is 1. The fraction of sp³-hybridized carbons (Fsp3) is 0.188. The van der Waals surface area contributed by atoms with Gasteiger partial charge >= 0.3 is 0 Å². The van der Waals surface area contributed by atoms with E-state index in [2.05, 4.69) is 15.6 Å². The molecule has 3 N–H and O–H groups in total. The third-order valence-corrected chi connectivity index (χ3v) is 3.03. The van der Waals surface area contributed by atoms with E-state index >= 15 is 0 Å². The number of hydrogen-bond donors (Lipinski definition) is 3. The highest BCUT2D eigenvalue weighted by Crippen LogP contribution is 2.15. The summed E-state index contributed by atoms with van der Waals surface area (Å²) in [6.07, 6.45) is 1.38. The van der Waals surface area contributed by atoms with Crippen LogP contribution in [0.5, 0.6) is 0 Å². The molecule has 0 atom stereocenters. The number of benzene rings is 1. The highest BCUT2D eigenvalue weighted by Gasteiger charge is 2.09. The zero-order valence-corrected chi connectivity index (χ0v) is 12.2. The molecule has 6 nitrogen and oxygen atoms in total. The van der Waals surface area contributed by atoms with Gasteiger partial charge in [-0.2, -0.15) is 0 Å². The van der Waals surface area contributed by atoms with Crippen molar-refractivity contribution in [2.24, 2.45) is 0 Å². The zero-order valence-electron chi connectivity index (χ0n) is 12.2. The molecule has 0 radical (unpaired) electrons. The topological polar surface area (TPSA) is 91.1 Å². The second kappa shape index (κ2) is 7.21. The second-order valence-corrected chi connectivity index (χ2v) is 4.74. The normalized spacial score (nSPS) is 10.0. The molecule has 2 rings (SSSR count). The minimum Gasteiger partial charge on any atom is -0.355 e.